The van der Waals surface area contributed by atoms with Crippen LogP contribution in [0.15, 0.2) is 42.6 Å². The molecule has 2 rings (SSSR count). The summed E-state index contributed by atoms with van der Waals surface area (Å²) < 4.78 is 13.0. The van der Waals surface area contributed by atoms with Crippen molar-refractivity contribution >= 4 is 23.1 Å². The average molecular weight is 259 g/mol. The number of aromatic nitrogens is 1. The lowest BCUT2D eigenvalue weighted by molar-refractivity contribution is -0.115. The zero-order chi connectivity index (χ0) is 13.7. The Morgan fingerprint density at radius 2 is 2.11 bits per heavy atom. The summed E-state index contributed by atoms with van der Waals surface area (Å²) in [4.78, 5) is 15.3. The van der Waals surface area contributed by atoms with Gasteiger partial charge in [-0.3, -0.25) is 4.79 Å². The van der Waals surface area contributed by atoms with Crippen molar-refractivity contribution in [3.63, 3.8) is 0 Å². The third-order valence-electron chi connectivity index (χ3n) is 2.47. The largest absolute Gasteiger partial charge is 0.354 e. The molecular weight excluding hydrogens is 245 g/mol. The molecule has 1 amide bonds. The Hall–Kier alpha value is -2.43. The zero-order valence-electron chi connectivity index (χ0n) is 10.5. The van der Waals surface area contributed by atoms with Gasteiger partial charge in [0, 0.05) is 12.1 Å². The minimum Gasteiger partial charge on any atom is -0.354 e. The number of carbonyl (C=O) groups is 1. The van der Waals surface area contributed by atoms with Crippen LogP contribution in [0.3, 0.4) is 0 Å². The van der Waals surface area contributed by atoms with Crippen molar-refractivity contribution in [2.24, 2.45) is 0 Å². The third kappa shape index (κ3) is 3.77. The summed E-state index contributed by atoms with van der Waals surface area (Å²) in [6.45, 7) is 1.77. The Kier molecular flexibility index (Phi) is 4.07. The molecule has 0 aliphatic heterocycles. The molecule has 1 heterocycles. The van der Waals surface area contributed by atoms with Gasteiger partial charge < -0.3 is 10.6 Å². The van der Waals surface area contributed by atoms with Gasteiger partial charge in [0.25, 0.3) is 0 Å². The van der Waals surface area contributed by atoms with Gasteiger partial charge in [-0.25, -0.2) is 9.37 Å². The first-order valence-electron chi connectivity index (χ1n) is 5.96. The number of halogens is 1. The Morgan fingerprint density at radius 3 is 2.74 bits per heavy atom. The smallest absolute Gasteiger partial charge is 0.225 e. The summed E-state index contributed by atoms with van der Waals surface area (Å²) >= 11 is 0. The first-order valence-corrected chi connectivity index (χ1v) is 5.96. The molecule has 2 N–H and O–H groups in total. The van der Waals surface area contributed by atoms with E-state index in [1.54, 1.807) is 37.4 Å². The average Bonchev–Trinajstić information content (AvgIpc) is 2.41. The summed E-state index contributed by atoms with van der Waals surface area (Å²) in [5, 5.41) is 5.68. The lowest BCUT2D eigenvalue weighted by Crippen LogP contribution is -2.10. The normalized spacial score (nSPS) is 10.0. The quantitative estimate of drug-likeness (QED) is 0.885. The van der Waals surface area contributed by atoms with E-state index in [0.29, 0.717) is 17.9 Å². The van der Waals surface area contributed by atoms with Crippen LogP contribution in [0, 0.1) is 5.82 Å². The Morgan fingerprint density at radius 1 is 1.26 bits per heavy atom. The van der Waals surface area contributed by atoms with Crippen molar-refractivity contribution in [3.8, 4) is 0 Å². The molecule has 4 nitrogen and oxygen atoms in total. The maximum absolute atomic E-state index is 13.0. The van der Waals surface area contributed by atoms with E-state index in [0.717, 1.165) is 5.69 Å². The number of rotatable bonds is 4. The van der Waals surface area contributed by atoms with Crippen LogP contribution in [0.1, 0.15) is 13.3 Å². The molecule has 0 saturated carbocycles. The van der Waals surface area contributed by atoms with Crippen molar-refractivity contribution in [2.45, 2.75) is 13.3 Å². The molecule has 19 heavy (non-hydrogen) atoms. The van der Waals surface area contributed by atoms with E-state index in [2.05, 4.69) is 15.6 Å². The number of benzene rings is 1. The summed E-state index contributed by atoms with van der Waals surface area (Å²) in [5.74, 6) is 0.111. The van der Waals surface area contributed by atoms with Crippen LogP contribution in [0.25, 0.3) is 0 Å². The van der Waals surface area contributed by atoms with E-state index in [4.69, 9.17) is 0 Å². The summed E-state index contributed by atoms with van der Waals surface area (Å²) in [6, 6.07) is 9.62. The number of anilines is 3. The molecule has 0 spiro atoms. The number of amides is 1. The van der Waals surface area contributed by atoms with Crippen molar-refractivity contribution in [2.75, 3.05) is 10.6 Å². The highest BCUT2D eigenvalue weighted by atomic mass is 19.1. The lowest BCUT2D eigenvalue weighted by Gasteiger charge is -2.07. The van der Waals surface area contributed by atoms with Gasteiger partial charge in [0.15, 0.2) is 0 Å². The molecule has 5 heteroatoms. The summed E-state index contributed by atoms with van der Waals surface area (Å²) in [5.41, 5.74) is 1.37. The first kappa shape index (κ1) is 13.0. The highest BCUT2D eigenvalue weighted by molar-refractivity contribution is 5.89. The topological polar surface area (TPSA) is 54.0 Å². The Bertz CT molecular complexity index is 569. The van der Waals surface area contributed by atoms with E-state index in [9.17, 15) is 9.18 Å². The molecule has 0 aliphatic carbocycles. The fraction of sp³-hybridized carbons (Fsp3) is 0.143. The molecule has 1 aromatic heterocycles. The van der Waals surface area contributed by atoms with Crippen molar-refractivity contribution in [3.05, 3.63) is 48.4 Å². The Labute approximate surface area is 110 Å². The predicted molar refractivity (Wildman–Crippen MR) is 72.8 cm³/mol. The number of hydrogen-bond donors (Lipinski definition) is 2. The van der Waals surface area contributed by atoms with Crippen LogP contribution in [-0.4, -0.2) is 10.9 Å². The molecular formula is C14H14FN3O. The highest BCUT2D eigenvalue weighted by Crippen LogP contribution is 2.17. The second-order valence-electron chi connectivity index (χ2n) is 3.97. The predicted octanol–water partition coefficient (Wildman–Crippen LogP) is 3.31. The second-order valence-corrected chi connectivity index (χ2v) is 3.97. The minimum atomic E-state index is -0.301. The van der Waals surface area contributed by atoms with Gasteiger partial charge in [0.05, 0.1) is 11.9 Å². The van der Waals surface area contributed by atoms with Gasteiger partial charge in [0.1, 0.15) is 11.6 Å². The standard InChI is InChI=1S/C14H14FN3O/c1-2-14(19)18-13-7-6-12(9-16-13)17-11-5-3-4-10(15)8-11/h3-9,17H,2H2,1H3,(H,16,18,19). The van der Waals surface area contributed by atoms with Crippen molar-refractivity contribution in [1.29, 1.82) is 0 Å². The molecule has 98 valence electrons. The monoisotopic (exact) mass is 259 g/mol. The van der Waals surface area contributed by atoms with E-state index < -0.39 is 0 Å². The SMILES string of the molecule is CCC(=O)Nc1ccc(Nc2cccc(F)c2)cn1. The molecule has 1 aromatic carbocycles. The van der Waals surface area contributed by atoms with Gasteiger partial charge in [-0.1, -0.05) is 13.0 Å². The molecule has 0 aliphatic rings. The molecule has 0 unspecified atom stereocenters. The van der Waals surface area contributed by atoms with E-state index in [-0.39, 0.29) is 11.7 Å². The summed E-state index contributed by atoms with van der Waals surface area (Å²) in [7, 11) is 0. The fourth-order valence-electron chi connectivity index (χ4n) is 1.51. The van der Waals surface area contributed by atoms with Gasteiger partial charge in [-0.05, 0) is 30.3 Å². The van der Waals surface area contributed by atoms with Crippen LogP contribution < -0.4 is 10.6 Å². The van der Waals surface area contributed by atoms with Crippen molar-refractivity contribution in [1.82, 2.24) is 4.98 Å². The van der Waals surface area contributed by atoms with Gasteiger partial charge in [0.2, 0.25) is 5.91 Å². The number of nitrogens with zero attached hydrogens (tertiary/aromatic N) is 1. The first-order chi connectivity index (χ1) is 9.17. The van der Waals surface area contributed by atoms with Crippen LogP contribution in [-0.2, 0) is 4.79 Å². The maximum Gasteiger partial charge on any atom is 0.225 e. The highest BCUT2D eigenvalue weighted by Gasteiger charge is 2.01. The maximum atomic E-state index is 13.0. The molecule has 0 radical (unpaired) electrons. The fourth-order valence-corrected chi connectivity index (χ4v) is 1.51. The van der Waals surface area contributed by atoms with Gasteiger partial charge in [-0.15, -0.1) is 0 Å². The van der Waals surface area contributed by atoms with E-state index >= 15 is 0 Å². The summed E-state index contributed by atoms with van der Waals surface area (Å²) in [6.07, 6.45) is 1.99. The molecule has 2 aromatic rings. The number of nitrogens with one attached hydrogen (secondary N) is 2. The molecule has 0 bridgehead atoms. The van der Waals surface area contributed by atoms with Crippen LogP contribution in [0.2, 0.25) is 0 Å². The molecule has 0 fully saturated rings. The van der Waals surface area contributed by atoms with E-state index in [1.165, 1.54) is 12.1 Å². The molecule has 0 atom stereocenters. The second kappa shape index (κ2) is 5.95. The van der Waals surface area contributed by atoms with Gasteiger partial charge >= 0.3 is 0 Å². The van der Waals surface area contributed by atoms with Crippen LogP contribution in [0.5, 0.6) is 0 Å². The third-order valence-corrected chi connectivity index (χ3v) is 2.47. The minimum absolute atomic E-state index is 0.0849. The lowest BCUT2D eigenvalue weighted by atomic mass is 10.3. The number of carbonyl (C=O) groups excluding carboxylic acids is 1. The van der Waals surface area contributed by atoms with Gasteiger partial charge in [-0.2, -0.15) is 0 Å². The number of pyridine rings is 1. The van der Waals surface area contributed by atoms with E-state index in [1.807, 2.05) is 0 Å². The van der Waals surface area contributed by atoms with Crippen molar-refractivity contribution < 1.29 is 9.18 Å². The molecule has 0 saturated heterocycles. The van der Waals surface area contributed by atoms with Crippen LogP contribution >= 0.6 is 0 Å². The van der Waals surface area contributed by atoms with Crippen LogP contribution in [0.4, 0.5) is 21.6 Å². The Balaban J connectivity index is 2.04. The number of hydrogen-bond acceptors (Lipinski definition) is 3. The zero-order valence-corrected chi connectivity index (χ0v) is 10.5.